The second-order valence-electron chi connectivity index (χ2n) is 6.53. The molecule has 0 aliphatic heterocycles. The van der Waals surface area contributed by atoms with Gasteiger partial charge in [-0.05, 0) is 18.9 Å². The highest BCUT2D eigenvalue weighted by molar-refractivity contribution is 7.94. The first-order valence-corrected chi connectivity index (χ1v) is 11.5. The van der Waals surface area contributed by atoms with Gasteiger partial charge in [0.2, 0.25) is 11.7 Å². The number of anilines is 1. The van der Waals surface area contributed by atoms with Crippen LogP contribution >= 0.6 is 22.9 Å². The largest absolute Gasteiger partial charge is 0.497 e. The van der Waals surface area contributed by atoms with Crippen LogP contribution in [0.3, 0.4) is 0 Å². The number of thiophene rings is 1. The molecule has 0 amide bonds. The van der Waals surface area contributed by atoms with E-state index < -0.39 is 10.0 Å². The van der Waals surface area contributed by atoms with Gasteiger partial charge in [0.05, 0.1) is 19.2 Å². The van der Waals surface area contributed by atoms with Crippen LogP contribution in [0.2, 0.25) is 5.02 Å². The predicted octanol–water partition coefficient (Wildman–Crippen LogP) is 4.54. The van der Waals surface area contributed by atoms with Gasteiger partial charge < -0.3 is 14.0 Å². The SMILES string of the molecule is COc1cc(Cl)c(NS(=O)(=O)c2cc(-c3noc(C4CCC4)n3)cs2)c(OC)c1. The monoisotopic (exact) mass is 455 g/mol. The van der Waals surface area contributed by atoms with Gasteiger partial charge in [-0.1, -0.05) is 23.2 Å². The Morgan fingerprint density at radius 3 is 2.69 bits per heavy atom. The van der Waals surface area contributed by atoms with E-state index in [1.54, 1.807) is 11.4 Å². The molecule has 8 nitrogen and oxygen atoms in total. The summed E-state index contributed by atoms with van der Waals surface area (Å²) < 4.78 is 44.0. The fourth-order valence-corrected chi connectivity index (χ4v) is 5.42. The van der Waals surface area contributed by atoms with E-state index in [-0.39, 0.29) is 20.7 Å². The van der Waals surface area contributed by atoms with Gasteiger partial charge in [0.1, 0.15) is 21.4 Å². The van der Waals surface area contributed by atoms with Crippen molar-refractivity contribution in [2.24, 2.45) is 0 Å². The third kappa shape index (κ3) is 3.92. The highest BCUT2D eigenvalue weighted by Crippen LogP contribution is 2.39. The van der Waals surface area contributed by atoms with E-state index in [9.17, 15) is 8.42 Å². The molecule has 1 aliphatic rings. The molecule has 1 aromatic carbocycles. The molecule has 2 heterocycles. The molecule has 1 aliphatic carbocycles. The van der Waals surface area contributed by atoms with Crippen molar-refractivity contribution in [1.29, 1.82) is 0 Å². The summed E-state index contributed by atoms with van der Waals surface area (Å²) in [7, 11) is -1.000. The summed E-state index contributed by atoms with van der Waals surface area (Å²) in [5.74, 6) is 1.99. The number of benzene rings is 1. The van der Waals surface area contributed by atoms with Crippen molar-refractivity contribution in [3.05, 3.63) is 34.5 Å². The van der Waals surface area contributed by atoms with Gasteiger partial charge in [-0.25, -0.2) is 8.42 Å². The molecule has 2 aromatic heterocycles. The predicted molar refractivity (Wildman–Crippen MR) is 110 cm³/mol. The summed E-state index contributed by atoms with van der Waals surface area (Å²) in [4.78, 5) is 4.40. The summed E-state index contributed by atoms with van der Waals surface area (Å²) in [5, 5.41) is 5.81. The zero-order chi connectivity index (χ0) is 20.6. The lowest BCUT2D eigenvalue weighted by Gasteiger charge is -2.20. The second kappa shape index (κ2) is 7.85. The molecule has 1 fully saturated rings. The third-order valence-corrected chi connectivity index (χ3v) is 7.80. The van der Waals surface area contributed by atoms with Crippen LogP contribution in [-0.2, 0) is 10.0 Å². The molecule has 0 atom stereocenters. The van der Waals surface area contributed by atoms with Crippen LogP contribution in [0.5, 0.6) is 11.5 Å². The van der Waals surface area contributed by atoms with Crippen molar-refractivity contribution >= 4 is 38.6 Å². The molecule has 4 rings (SSSR count). The topological polar surface area (TPSA) is 104 Å². The number of hydrogen-bond donors (Lipinski definition) is 1. The maximum absolute atomic E-state index is 12.9. The lowest BCUT2D eigenvalue weighted by Crippen LogP contribution is -2.12. The van der Waals surface area contributed by atoms with Crippen molar-refractivity contribution in [2.45, 2.75) is 29.4 Å². The molecule has 1 N–H and O–H groups in total. The van der Waals surface area contributed by atoms with Crippen LogP contribution in [0.25, 0.3) is 11.4 Å². The van der Waals surface area contributed by atoms with E-state index in [0.29, 0.717) is 28.9 Å². The minimum Gasteiger partial charge on any atom is -0.497 e. The Balaban J connectivity index is 1.60. The normalized spacial score (nSPS) is 14.4. The fraction of sp³-hybridized carbons (Fsp3) is 0.333. The van der Waals surface area contributed by atoms with Gasteiger partial charge in [-0.15, -0.1) is 11.3 Å². The number of hydrogen-bond acceptors (Lipinski definition) is 8. The first kappa shape index (κ1) is 20.0. The number of sulfonamides is 1. The number of nitrogens with one attached hydrogen (secondary N) is 1. The van der Waals surface area contributed by atoms with Gasteiger partial charge in [0.25, 0.3) is 10.0 Å². The van der Waals surface area contributed by atoms with E-state index in [0.717, 1.165) is 30.6 Å². The van der Waals surface area contributed by atoms with E-state index >= 15 is 0 Å². The van der Waals surface area contributed by atoms with Crippen LogP contribution in [0.1, 0.15) is 31.1 Å². The quantitative estimate of drug-likeness (QED) is 0.557. The molecule has 0 bridgehead atoms. The van der Waals surface area contributed by atoms with E-state index in [1.807, 2.05) is 0 Å². The summed E-state index contributed by atoms with van der Waals surface area (Å²) in [6.45, 7) is 0. The number of nitrogens with zero attached hydrogens (tertiary/aromatic N) is 2. The number of rotatable bonds is 7. The second-order valence-corrected chi connectivity index (χ2v) is 9.76. The van der Waals surface area contributed by atoms with Gasteiger partial charge in [0, 0.05) is 29.0 Å². The Morgan fingerprint density at radius 2 is 2.03 bits per heavy atom. The van der Waals surface area contributed by atoms with E-state index in [2.05, 4.69) is 14.9 Å². The van der Waals surface area contributed by atoms with Gasteiger partial charge in [0.15, 0.2) is 0 Å². The number of methoxy groups -OCH3 is 2. The summed E-state index contributed by atoms with van der Waals surface area (Å²) in [5.41, 5.74) is 0.717. The first-order valence-electron chi connectivity index (χ1n) is 8.78. The molecule has 0 radical (unpaired) electrons. The van der Waals surface area contributed by atoms with Crippen molar-refractivity contribution in [3.8, 4) is 22.9 Å². The van der Waals surface area contributed by atoms with Crippen molar-refractivity contribution < 1.29 is 22.4 Å². The zero-order valence-corrected chi connectivity index (χ0v) is 18.0. The van der Waals surface area contributed by atoms with Crippen LogP contribution in [0, 0.1) is 0 Å². The number of aromatic nitrogens is 2. The lowest BCUT2D eigenvalue weighted by atomic mass is 9.85. The van der Waals surface area contributed by atoms with Crippen LogP contribution in [0.4, 0.5) is 5.69 Å². The maximum atomic E-state index is 12.9. The van der Waals surface area contributed by atoms with E-state index in [4.69, 9.17) is 25.6 Å². The summed E-state index contributed by atoms with van der Waals surface area (Å²) >= 11 is 7.28. The summed E-state index contributed by atoms with van der Waals surface area (Å²) in [6.07, 6.45) is 3.24. The van der Waals surface area contributed by atoms with Crippen LogP contribution < -0.4 is 14.2 Å². The highest BCUT2D eigenvalue weighted by atomic mass is 35.5. The smallest absolute Gasteiger partial charge is 0.271 e. The standard InChI is InChI=1S/C18H18ClN3O5S2/c1-25-12-7-13(19)16(14(8-12)26-2)22-29(23,24)15-6-11(9-28-15)17-20-18(27-21-17)10-4-3-5-10/h6-10,22H,3-5H2,1-2H3. The van der Waals surface area contributed by atoms with Gasteiger partial charge in [-0.3, -0.25) is 4.72 Å². The van der Waals surface area contributed by atoms with Crippen molar-refractivity contribution in [3.63, 3.8) is 0 Å². The minimum atomic E-state index is -3.90. The molecule has 154 valence electrons. The summed E-state index contributed by atoms with van der Waals surface area (Å²) in [6, 6.07) is 4.56. The first-order chi connectivity index (χ1) is 13.9. The number of halogens is 1. The van der Waals surface area contributed by atoms with Crippen LogP contribution in [-0.4, -0.2) is 32.8 Å². The molecule has 11 heteroatoms. The maximum Gasteiger partial charge on any atom is 0.271 e. The third-order valence-electron chi connectivity index (χ3n) is 4.71. The molecule has 29 heavy (non-hydrogen) atoms. The average Bonchev–Trinajstić information content (AvgIpc) is 3.31. The van der Waals surface area contributed by atoms with Crippen LogP contribution in [0.15, 0.2) is 32.3 Å². The Labute approximate surface area is 176 Å². The van der Waals surface area contributed by atoms with Crippen molar-refractivity contribution in [1.82, 2.24) is 10.1 Å². The molecule has 0 spiro atoms. The zero-order valence-electron chi connectivity index (χ0n) is 15.6. The Morgan fingerprint density at radius 1 is 1.24 bits per heavy atom. The molecule has 0 saturated heterocycles. The van der Waals surface area contributed by atoms with Gasteiger partial charge >= 0.3 is 0 Å². The van der Waals surface area contributed by atoms with Crippen molar-refractivity contribution in [2.75, 3.05) is 18.9 Å². The molecular formula is C18H18ClN3O5S2. The average molecular weight is 456 g/mol. The Kier molecular flexibility index (Phi) is 5.41. The highest BCUT2D eigenvalue weighted by Gasteiger charge is 2.27. The van der Waals surface area contributed by atoms with E-state index in [1.165, 1.54) is 26.4 Å². The lowest BCUT2D eigenvalue weighted by molar-refractivity contribution is 0.292. The molecule has 0 unspecified atom stereocenters. The molecular weight excluding hydrogens is 438 g/mol. The Bertz CT molecular complexity index is 1140. The minimum absolute atomic E-state index is 0.0939. The Hall–Kier alpha value is -2.30. The molecule has 1 saturated carbocycles. The number of ether oxygens (including phenoxy) is 2. The fourth-order valence-electron chi connectivity index (χ4n) is 2.87. The van der Waals surface area contributed by atoms with Gasteiger partial charge in [-0.2, -0.15) is 4.98 Å². The molecule has 3 aromatic rings.